The summed E-state index contributed by atoms with van der Waals surface area (Å²) in [7, 11) is 0. The number of fused-ring (bicyclic) bond motifs is 1. The second-order valence-electron chi connectivity index (χ2n) is 7.42. The summed E-state index contributed by atoms with van der Waals surface area (Å²) in [5.74, 6) is 0.586. The van der Waals surface area contributed by atoms with Gasteiger partial charge in [-0.15, -0.1) is 0 Å². The lowest BCUT2D eigenvalue weighted by atomic mass is 9.95. The second-order valence-corrected chi connectivity index (χ2v) is 8.33. The smallest absolute Gasteiger partial charge is 0.410 e. The molecule has 1 saturated heterocycles. The summed E-state index contributed by atoms with van der Waals surface area (Å²) in [6.07, 6.45) is 3.40. The van der Waals surface area contributed by atoms with Gasteiger partial charge in [-0.3, -0.25) is 0 Å². The number of hydrogen-bond acceptors (Lipinski definition) is 4. The largest absolute Gasteiger partial charge is 0.444 e. The van der Waals surface area contributed by atoms with Crippen molar-refractivity contribution in [2.45, 2.75) is 39.2 Å². The molecule has 1 fully saturated rings. The van der Waals surface area contributed by atoms with Crippen molar-refractivity contribution in [2.24, 2.45) is 5.92 Å². The van der Waals surface area contributed by atoms with Gasteiger partial charge in [0.25, 0.3) is 0 Å². The van der Waals surface area contributed by atoms with Gasteiger partial charge < -0.3 is 14.4 Å². The molecule has 25 heavy (non-hydrogen) atoms. The molecule has 2 aliphatic heterocycles. The number of esters is 1. The predicted octanol–water partition coefficient (Wildman–Crippen LogP) is 4.61. The molecule has 5 nitrogen and oxygen atoms in total. The summed E-state index contributed by atoms with van der Waals surface area (Å²) >= 11 is 3.43. The zero-order chi connectivity index (χ0) is 18.2. The molecule has 3 rings (SSSR count). The average molecular weight is 408 g/mol. The molecule has 1 amide bonds. The fourth-order valence-electron chi connectivity index (χ4n) is 3.02. The lowest BCUT2D eigenvalue weighted by molar-refractivity contribution is 0.0197. The molecule has 0 radical (unpaired) electrons. The number of cyclic esters (lactones) is 1. The molecule has 0 N–H and O–H groups in total. The number of ether oxygens (including phenoxy) is 2. The molecule has 0 spiro atoms. The van der Waals surface area contributed by atoms with Crippen LogP contribution in [0.1, 0.15) is 49.5 Å². The van der Waals surface area contributed by atoms with Crippen LogP contribution in [0.5, 0.6) is 0 Å². The molecular weight excluding hydrogens is 386 g/mol. The number of amides is 1. The maximum Gasteiger partial charge on any atom is 0.410 e. The number of halogens is 1. The van der Waals surface area contributed by atoms with Crippen LogP contribution < -0.4 is 0 Å². The van der Waals surface area contributed by atoms with Gasteiger partial charge in [-0.25, -0.2) is 9.59 Å². The van der Waals surface area contributed by atoms with Gasteiger partial charge in [-0.2, -0.15) is 0 Å². The van der Waals surface area contributed by atoms with Crippen LogP contribution in [0.3, 0.4) is 0 Å². The minimum absolute atomic E-state index is 0.264. The number of carbonyl (C=O) groups is 2. The standard InChI is InChI=1S/C19H22BrNO4/c1-19(2,3)25-18(23)21-8-6-12(7-9-21)10-16-15-11-13(20)4-5-14(15)17(22)24-16/h4-5,10-12H,6-9H2,1-3H3. The number of benzene rings is 1. The van der Waals surface area contributed by atoms with Crippen molar-refractivity contribution in [1.29, 1.82) is 0 Å². The Hall–Kier alpha value is -1.82. The molecule has 0 saturated carbocycles. The Kier molecular flexibility index (Phi) is 4.91. The second kappa shape index (κ2) is 6.83. The highest BCUT2D eigenvalue weighted by atomic mass is 79.9. The molecule has 0 atom stereocenters. The number of carbonyl (C=O) groups excluding carboxylic acids is 2. The molecule has 6 heteroatoms. The first-order valence-electron chi connectivity index (χ1n) is 8.45. The van der Waals surface area contributed by atoms with Gasteiger partial charge in [0.1, 0.15) is 11.4 Å². The van der Waals surface area contributed by atoms with E-state index in [0.717, 1.165) is 22.9 Å². The first kappa shape index (κ1) is 18.0. The number of nitrogens with zero attached hydrogens (tertiary/aromatic N) is 1. The fourth-order valence-corrected chi connectivity index (χ4v) is 3.38. The van der Waals surface area contributed by atoms with Crippen LogP contribution in [0.15, 0.2) is 28.7 Å². The number of allylic oxidation sites excluding steroid dienone is 1. The predicted molar refractivity (Wildman–Crippen MR) is 98.1 cm³/mol. The van der Waals surface area contributed by atoms with E-state index >= 15 is 0 Å². The van der Waals surface area contributed by atoms with E-state index in [4.69, 9.17) is 9.47 Å². The van der Waals surface area contributed by atoms with E-state index < -0.39 is 5.60 Å². The van der Waals surface area contributed by atoms with Crippen LogP contribution in [0.2, 0.25) is 0 Å². The molecule has 0 aromatic heterocycles. The summed E-state index contributed by atoms with van der Waals surface area (Å²) in [5.41, 5.74) is 0.944. The summed E-state index contributed by atoms with van der Waals surface area (Å²) in [6.45, 7) is 6.88. The highest BCUT2D eigenvalue weighted by molar-refractivity contribution is 9.10. The molecule has 1 aromatic carbocycles. The molecule has 1 aromatic rings. The van der Waals surface area contributed by atoms with Crippen molar-refractivity contribution in [3.05, 3.63) is 39.9 Å². The van der Waals surface area contributed by atoms with Crippen LogP contribution >= 0.6 is 15.9 Å². The van der Waals surface area contributed by atoms with Crippen LogP contribution in [-0.4, -0.2) is 35.7 Å². The molecule has 0 aliphatic carbocycles. The summed E-state index contributed by atoms with van der Waals surface area (Å²) in [4.78, 5) is 25.8. The maximum absolute atomic E-state index is 12.1. The zero-order valence-electron chi connectivity index (χ0n) is 14.7. The maximum atomic E-state index is 12.1. The first-order valence-corrected chi connectivity index (χ1v) is 9.24. The molecule has 134 valence electrons. The van der Waals surface area contributed by atoms with Gasteiger partial charge in [0, 0.05) is 23.1 Å². The SMILES string of the molecule is CC(C)(C)OC(=O)N1CCC(C=C2OC(=O)c3ccc(Br)cc32)CC1. The monoisotopic (exact) mass is 407 g/mol. The van der Waals surface area contributed by atoms with E-state index in [9.17, 15) is 9.59 Å². The number of piperidine rings is 1. The molecule has 2 aliphatic rings. The van der Waals surface area contributed by atoms with Crippen LogP contribution in [0, 0.1) is 5.92 Å². The molecular formula is C19H22BrNO4. The van der Waals surface area contributed by atoms with Crippen molar-refractivity contribution >= 4 is 33.8 Å². The summed E-state index contributed by atoms with van der Waals surface area (Å²) < 4.78 is 11.8. The van der Waals surface area contributed by atoms with E-state index in [0.29, 0.717) is 24.4 Å². The third-order valence-corrected chi connectivity index (χ3v) is 4.74. The van der Waals surface area contributed by atoms with Crippen molar-refractivity contribution < 1.29 is 19.1 Å². The fraction of sp³-hybridized carbons (Fsp3) is 0.474. The van der Waals surface area contributed by atoms with Gasteiger partial charge >= 0.3 is 12.1 Å². The Morgan fingerprint density at radius 3 is 2.60 bits per heavy atom. The Morgan fingerprint density at radius 1 is 1.28 bits per heavy atom. The van der Waals surface area contributed by atoms with Crippen LogP contribution in [-0.2, 0) is 9.47 Å². The number of rotatable bonds is 1. The Morgan fingerprint density at radius 2 is 1.96 bits per heavy atom. The highest BCUT2D eigenvalue weighted by Gasteiger charge is 2.30. The summed E-state index contributed by atoms with van der Waals surface area (Å²) in [5, 5.41) is 0. The number of likely N-dealkylation sites (tertiary alicyclic amines) is 1. The van der Waals surface area contributed by atoms with Crippen LogP contribution in [0.25, 0.3) is 5.76 Å². The molecule has 0 bridgehead atoms. The quantitative estimate of drug-likeness (QED) is 0.637. The van der Waals surface area contributed by atoms with Crippen molar-refractivity contribution in [3.8, 4) is 0 Å². The zero-order valence-corrected chi connectivity index (χ0v) is 16.3. The topological polar surface area (TPSA) is 55.8 Å². The number of hydrogen-bond donors (Lipinski definition) is 0. The van der Waals surface area contributed by atoms with Gasteiger partial charge in [0.05, 0.1) is 5.56 Å². The molecule has 0 unspecified atom stereocenters. The average Bonchev–Trinajstić information content (AvgIpc) is 2.82. The van der Waals surface area contributed by atoms with Gasteiger partial charge in [-0.05, 0) is 63.8 Å². The van der Waals surface area contributed by atoms with Crippen LogP contribution in [0.4, 0.5) is 4.79 Å². The van der Waals surface area contributed by atoms with Gasteiger partial charge in [0.15, 0.2) is 0 Å². The lowest BCUT2D eigenvalue weighted by Crippen LogP contribution is -2.41. The van der Waals surface area contributed by atoms with E-state index in [-0.39, 0.29) is 18.0 Å². The molecule has 2 heterocycles. The van der Waals surface area contributed by atoms with Crippen molar-refractivity contribution in [3.63, 3.8) is 0 Å². The third kappa shape index (κ3) is 4.24. The first-order chi connectivity index (χ1) is 11.7. The van der Waals surface area contributed by atoms with Crippen molar-refractivity contribution in [2.75, 3.05) is 13.1 Å². The van der Waals surface area contributed by atoms with E-state index in [2.05, 4.69) is 15.9 Å². The third-order valence-electron chi connectivity index (χ3n) is 4.25. The van der Waals surface area contributed by atoms with E-state index in [1.54, 1.807) is 11.0 Å². The van der Waals surface area contributed by atoms with E-state index in [1.165, 1.54) is 0 Å². The lowest BCUT2D eigenvalue weighted by Gasteiger charge is -2.32. The van der Waals surface area contributed by atoms with Crippen molar-refractivity contribution in [1.82, 2.24) is 4.90 Å². The Balaban J connectivity index is 1.65. The Bertz CT molecular complexity index is 727. The summed E-state index contributed by atoms with van der Waals surface area (Å²) in [6, 6.07) is 5.51. The van der Waals surface area contributed by atoms with Gasteiger partial charge in [0.2, 0.25) is 0 Å². The van der Waals surface area contributed by atoms with Gasteiger partial charge in [-0.1, -0.05) is 15.9 Å². The highest BCUT2D eigenvalue weighted by Crippen LogP contribution is 2.34. The minimum atomic E-state index is -0.481. The Labute approximate surface area is 156 Å². The normalized spacial score (nSPS) is 19.8. The van der Waals surface area contributed by atoms with E-state index in [1.807, 2.05) is 39.0 Å². The minimum Gasteiger partial charge on any atom is -0.444 e.